The molecule has 1 atom stereocenters. The first-order valence-corrected chi connectivity index (χ1v) is 8.63. The van der Waals surface area contributed by atoms with E-state index in [1.54, 1.807) is 23.1 Å². The Morgan fingerprint density at radius 2 is 1.71 bits per heavy atom. The van der Waals surface area contributed by atoms with E-state index in [0.29, 0.717) is 0 Å². The van der Waals surface area contributed by atoms with E-state index in [1.807, 2.05) is 42.5 Å². The highest BCUT2D eigenvalue weighted by Crippen LogP contribution is 2.35. The van der Waals surface area contributed by atoms with Crippen LogP contribution in [-0.4, -0.2) is 0 Å². The van der Waals surface area contributed by atoms with Crippen molar-refractivity contribution in [1.82, 2.24) is 0 Å². The fourth-order valence-corrected chi connectivity index (χ4v) is 3.94. The standard InChI is InChI=1S/C17H14ClNS2/c18-12-7-9-13(10-8-12)21-15-5-2-1-4-14(15)17(19)16-6-3-11-20-16/h1-11,17H,19H2/t17-/m0/s1. The van der Waals surface area contributed by atoms with Gasteiger partial charge in [-0.3, -0.25) is 0 Å². The summed E-state index contributed by atoms with van der Waals surface area (Å²) in [4.78, 5) is 3.52. The third kappa shape index (κ3) is 3.50. The molecule has 1 aromatic heterocycles. The van der Waals surface area contributed by atoms with Gasteiger partial charge in [0.15, 0.2) is 0 Å². The van der Waals surface area contributed by atoms with Crippen molar-refractivity contribution >= 4 is 34.7 Å². The van der Waals surface area contributed by atoms with E-state index in [9.17, 15) is 0 Å². The van der Waals surface area contributed by atoms with E-state index < -0.39 is 0 Å². The lowest BCUT2D eigenvalue weighted by atomic mass is 10.1. The highest BCUT2D eigenvalue weighted by atomic mass is 35.5. The van der Waals surface area contributed by atoms with Gasteiger partial charge in [0.25, 0.3) is 0 Å². The molecule has 1 heterocycles. The molecule has 0 unspecified atom stereocenters. The second-order valence-electron chi connectivity index (χ2n) is 4.59. The van der Waals surface area contributed by atoms with Crippen molar-refractivity contribution in [2.45, 2.75) is 15.8 Å². The van der Waals surface area contributed by atoms with Gasteiger partial charge >= 0.3 is 0 Å². The highest BCUT2D eigenvalue weighted by molar-refractivity contribution is 7.99. The quantitative estimate of drug-likeness (QED) is 0.673. The van der Waals surface area contributed by atoms with Gasteiger partial charge in [0, 0.05) is 19.7 Å². The lowest BCUT2D eigenvalue weighted by Gasteiger charge is -2.15. The molecular weight excluding hydrogens is 318 g/mol. The molecule has 3 rings (SSSR count). The fourth-order valence-electron chi connectivity index (χ4n) is 2.08. The molecule has 2 N–H and O–H groups in total. The van der Waals surface area contributed by atoms with Crippen molar-refractivity contribution in [3.8, 4) is 0 Å². The smallest absolute Gasteiger partial charge is 0.0657 e. The zero-order chi connectivity index (χ0) is 14.7. The molecule has 1 nitrogen and oxygen atoms in total. The average molecular weight is 332 g/mol. The van der Waals surface area contributed by atoms with Gasteiger partial charge in [0.05, 0.1) is 6.04 Å². The number of thiophene rings is 1. The molecule has 2 aromatic carbocycles. The Morgan fingerprint density at radius 3 is 2.43 bits per heavy atom. The first kappa shape index (κ1) is 14.7. The molecule has 0 aliphatic rings. The molecule has 21 heavy (non-hydrogen) atoms. The van der Waals surface area contributed by atoms with Gasteiger partial charge in [-0.05, 0) is 47.3 Å². The maximum Gasteiger partial charge on any atom is 0.0657 e. The van der Waals surface area contributed by atoms with E-state index in [2.05, 4.69) is 23.6 Å². The van der Waals surface area contributed by atoms with Crippen LogP contribution in [0.1, 0.15) is 16.5 Å². The van der Waals surface area contributed by atoms with Gasteiger partial charge in [-0.15, -0.1) is 11.3 Å². The molecule has 0 aliphatic carbocycles. The summed E-state index contributed by atoms with van der Waals surface area (Å²) in [5.41, 5.74) is 7.57. The summed E-state index contributed by atoms with van der Waals surface area (Å²) in [7, 11) is 0. The molecule has 106 valence electrons. The zero-order valence-corrected chi connectivity index (χ0v) is 13.6. The van der Waals surface area contributed by atoms with Gasteiger partial charge in [0.2, 0.25) is 0 Å². The average Bonchev–Trinajstić information content (AvgIpc) is 3.04. The number of hydrogen-bond acceptors (Lipinski definition) is 3. The zero-order valence-electron chi connectivity index (χ0n) is 11.2. The highest BCUT2D eigenvalue weighted by Gasteiger charge is 2.14. The van der Waals surface area contributed by atoms with Gasteiger partial charge < -0.3 is 5.73 Å². The fraction of sp³-hybridized carbons (Fsp3) is 0.0588. The number of rotatable bonds is 4. The van der Waals surface area contributed by atoms with Crippen molar-refractivity contribution in [3.05, 3.63) is 81.5 Å². The summed E-state index contributed by atoms with van der Waals surface area (Å²) >= 11 is 9.34. The molecule has 0 bridgehead atoms. The van der Waals surface area contributed by atoms with E-state index in [0.717, 1.165) is 15.5 Å². The summed E-state index contributed by atoms with van der Waals surface area (Å²) < 4.78 is 0. The van der Waals surface area contributed by atoms with Crippen molar-refractivity contribution in [3.63, 3.8) is 0 Å². The van der Waals surface area contributed by atoms with E-state index in [-0.39, 0.29) is 6.04 Å². The molecule has 0 fully saturated rings. The normalized spacial score (nSPS) is 12.3. The molecular formula is C17H14ClNS2. The van der Waals surface area contributed by atoms with Gasteiger partial charge in [-0.1, -0.05) is 47.6 Å². The summed E-state index contributed by atoms with van der Waals surface area (Å²) in [5.74, 6) is 0. The monoisotopic (exact) mass is 331 g/mol. The molecule has 0 spiro atoms. The topological polar surface area (TPSA) is 26.0 Å². The summed E-state index contributed by atoms with van der Waals surface area (Å²) in [6.45, 7) is 0. The maximum absolute atomic E-state index is 6.42. The molecule has 0 radical (unpaired) electrons. The Kier molecular flexibility index (Phi) is 4.66. The van der Waals surface area contributed by atoms with Gasteiger partial charge in [-0.25, -0.2) is 0 Å². The minimum Gasteiger partial charge on any atom is -0.320 e. The molecule has 0 saturated carbocycles. The van der Waals surface area contributed by atoms with Gasteiger partial charge in [-0.2, -0.15) is 0 Å². The number of hydrogen-bond donors (Lipinski definition) is 1. The molecule has 0 amide bonds. The lowest BCUT2D eigenvalue weighted by molar-refractivity contribution is 0.867. The predicted molar refractivity (Wildman–Crippen MR) is 92.4 cm³/mol. The van der Waals surface area contributed by atoms with Gasteiger partial charge in [0.1, 0.15) is 0 Å². The van der Waals surface area contributed by atoms with E-state index in [4.69, 9.17) is 17.3 Å². The number of halogens is 1. The van der Waals surface area contributed by atoms with Crippen molar-refractivity contribution in [2.75, 3.05) is 0 Å². The van der Waals surface area contributed by atoms with Crippen LogP contribution in [0.15, 0.2) is 75.8 Å². The van der Waals surface area contributed by atoms with Crippen LogP contribution in [0.25, 0.3) is 0 Å². The Bertz CT molecular complexity index is 708. The van der Waals surface area contributed by atoms with Crippen molar-refractivity contribution < 1.29 is 0 Å². The summed E-state index contributed by atoms with van der Waals surface area (Å²) in [6.07, 6.45) is 0. The van der Waals surface area contributed by atoms with Crippen LogP contribution in [0.3, 0.4) is 0 Å². The van der Waals surface area contributed by atoms with Crippen molar-refractivity contribution in [2.24, 2.45) is 5.73 Å². The summed E-state index contributed by atoms with van der Waals surface area (Å²) in [6, 6.07) is 20.2. The number of benzene rings is 2. The molecule has 3 aromatic rings. The summed E-state index contributed by atoms with van der Waals surface area (Å²) in [5, 5.41) is 2.81. The Balaban J connectivity index is 1.91. The number of nitrogens with two attached hydrogens (primary N) is 1. The molecule has 0 aliphatic heterocycles. The second-order valence-corrected chi connectivity index (χ2v) is 7.12. The van der Waals surface area contributed by atoms with Crippen LogP contribution >= 0.6 is 34.7 Å². The van der Waals surface area contributed by atoms with Crippen LogP contribution in [-0.2, 0) is 0 Å². The Labute approximate surface area is 137 Å². The van der Waals surface area contributed by atoms with Crippen LogP contribution in [0, 0.1) is 0 Å². The maximum atomic E-state index is 6.42. The first-order chi connectivity index (χ1) is 10.2. The Hall–Kier alpha value is -1.26. The minimum atomic E-state index is -0.0824. The molecule has 4 heteroatoms. The third-order valence-corrected chi connectivity index (χ3v) is 5.45. The minimum absolute atomic E-state index is 0.0824. The lowest BCUT2D eigenvalue weighted by Crippen LogP contribution is -2.11. The van der Waals surface area contributed by atoms with E-state index >= 15 is 0 Å². The first-order valence-electron chi connectivity index (χ1n) is 6.55. The van der Waals surface area contributed by atoms with Crippen LogP contribution in [0.2, 0.25) is 5.02 Å². The van der Waals surface area contributed by atoms with Crippen LogP contribution in [0.4, 0.5) is 0 Å². The largest absolute Gasteiger partial charge is 0.320 e. The molecule has 0 saturated heterocycles. The van der Waals surface area contributed by atoms with E-state index in [1.165, 1.54) is 9.77 Å². The predicted octanol–water partition coefficient (Wildman–Crippen LogP) is 5.60. The van der Waals surface area contributed by atoms with Crippen LogP contribution < -0.4 is 5.73 Å². The van der Waals surface area contributed by atoms with Crippen LogP contribution in [0.5, 0.6) is 0 Å². The second kappa shape index (κ2) is 6.67. The van der Waals surface area contributed by atoms with Crippen molar-refractivity contribution in [1.29, 1.82) is 0 Å². The third-order valence-electron chi connectivity index (χ3n) is 3.15. The SMILES string of the molecule is N[C@H](c1cccs1)c1ccccc1Sc1ccc(Cl)cc1. The Morgan fingerprint density at radius 1 is 0.952 bits per heavy atom.